The van der Waals surface area contributed by atoms with Gasteiger partial charge in [-0.1, -0.05) is 11.6 Å². The molecular formula is C8H4ClF2N3O2. The second-order valence-electron chi connectivity index (χ2n) is 2.72. The molecular weight excluding hydrogens is 244 g/mol. The minimum Gasteiger partial charge on any atom is -0.258 e. The third kappa shape index (κ3) is 2.23. The van der Waals surface area contributed by atoms with Crippen molar-refractivity contribution in [3.05, 3.63) is 32.6 Å². The van der Waals surface area contributed by atoms with E-state index < -0.39 is 34.2 Å². The van der Waals surface area contributed by atoms with Gasteiger partial charge >= 0.3 is 0 Å². The Morgan fingerprint density at radius 2 is 2.31 bits per heavy atom. The van der Waals surface area contributed by atoms with E-state index in [0.29, 0.717) is 0 Å². The molecule has 0 radical (unpaired) electrons. The Balaban J connectivity index is 3.50. The third-order valence-corrected chi connectivity index (χ3v) is 2.13. The van der Waals surface area contributed by atoms with Crippen LogP contribution < -0.4 is 0 Å². The van der Waals surface area contributed by atoms with Gasteiger partial charge in [-0.05, 0) is 0 Å². The van der Waals surface area contributed by atoms with Crippen LogP contribution >= 0.6 is 11.6 Å². The van der Waals surface area contributed by atoms with Gasteiger partial charge in [-0.15, -0.1) is 0 Å². The Bertz CT molecular complexity index is 473. The molecule has 0 atom stereocenters. The normalized spacial score (nSPS) is 10.2. The van der Waals surface area contributed by atoms with Crippen molar-refractivity contribution in [3.63, 3.8) is 0 Å². The minimum absolute atomic E-state index is 0.387. The summed E-state index contributed by atoms with van der Waals surface area (Å²) in [6.07, 6.45) is -2.76. The molecule has 84 valence electrons. The molecule has 8 heteroatoms. The van der Waals surface area contributed by atoms with E-state index in [9.17, 15) is 18.9 Å². The number of aromatic nitrogens is 1. The van der Waals surface area contributed by atoms with E-state index in [-0.39, 0.29) is 5.56 Å². The van der Waals surface area contributed by atoms with Crippen LogP contribution in [-0.2, 0) is 6.42 Å². The van der Waals surface area contributed by atoms with Crippen LogP contribution in [0.4, 0.5) is 14.5 Å². The number of hydrogen-bond acceptors (Lipinski definition) is 4. The van der Waals surface area contributed by atoms with Gasteiger partial charge in [-0.3, -0.25) is 10.1 Å². The highest BCUT2D eigenvalue weighted by atomic mass is 35.5. The van der Waals surface area contributed by atoms with E-state index in [1.807, 2.05) is 0 Å². The van der Waals surface area contributed by atoms with Crippen molar-refractivity contribution >= 4 is 17.3 Å². The Kier molecular flexibility index (Phi) is 3.68. The average molecular weight is 248 g/mol. The van der Waals surface area contributed by atoms with Crippen LogP contribution in [0.25, 0.3) is 0 Å². The molecule has 0 N–H and O–H groups in total. The molecule has 5 nitrogen and oxygen atoms in total. The van der Waals surface area contributed by atoms with Gasteiger partial charge in [0.05, 0.1) is 28.5 Å². The number of nitriles is 1. The van der Waals surface area contributed by atoms with Crippen molar-refractivity contribution in [2.24, 2.45) is 0 Å². The minimum atomic E-state index is -3.01. The van der Waals surface area contributed by atoms with E-state index in [4.69, 9.17) is 16.9 Å². The lowest BCUT2D eigenvalue weighted by Crippen LogP contribution is -2.03. The van der Waals surface area contributed by atoms with Crippen LogP contribution in [0, 0.1) is 21.4 Å². The highest BCUT2D eigenvalue weighted by Crippen LogP contribution is 2.34. The van der Waals surface area contributed by atoms with Crippen LogP contribution in [0.15, 0.2) is 6.20 Å². The zero-order valence-electron chi connectivity index (χ0n) is 7.65. The monoisotopic (exact) mass is 247 g/mol. The van der Waals surface area contributed by atoms with Gasteiger partial charge in [0.25, 0.3) is 12.1 Å². The molecule has 0 saturated carbocycles. The third-order valence-electron chi connectivity index (χ3n) is 1.83. The molecule has 0 bridgehead atoms. The fraction of sp³-hybridized carbons (Fsp3) is 0.250. The van der Waals surface area contributed by atoms with E-state index in [0.717, 1.165) is 6.20 Å². The number of halogens is 3. The number of rotatable bonds is 3. The molecule has 0 saturated heterocycles. The maximum Gasteiger partial charge on any atom is 0.292 e. The van der Waals surface area contributed by atoms with Crippen LogP contribution in [0.1, 0.15) is 17.6 Å². The summed E-state index contributed by atoms with van der Waals surface area (Å²) >= 11 is 5.41. The summed E-state index contributed by atoms with van der Waals surface area (Å²) in [7, 11) is 0. The van der Waals surface area contributed by atoms with Crippen LogP contribution in [0.2, 0.25) is 5.15 Å². The Hall–Kier alpha value is -1.81. The quantitative estimate of drug-likeness (QED) is 0.467. The van der Waals surface area contributed by atoms with Crippen molar-refractivity contribution < 1.29 is 13.7 Å². The summed E-state index contributed by atoms with van der Waals surface area (Å²) in [5.74, 6) is 0. The number of nitrogens with zero attached hydrogens (tertiary/aromatic N) is 3. The van der Waals surface area contributed by atoms with Crippen molar-refractivity contribution in [1.29, 1.82) is 5.26 Å². The van der Waals surface area contributed by atoms with Gasteiger partial charge in [0, 0.05) is 0 Å². The fourth-order valence-electron chi connectivity index (χ4n) is 1.17. The summed E-state index contributed by atoms with van der Waals surface area (Å²) in [6, 6.07) is 1.58. The molecule has 0 amide bonds. The van der Waals surface area contributed by atoms with Gasteiger partial charge in [-0.2, -0.15) is 5.26 Å². The van der Waals surface area contributed by atoms with Gasteiger partial charge in [-0.25, -0.2) is 13.8 Å². The van der Waals surface area contributed by atoms with Gasteiger partial charge in [0.2, 0.25) is 0 Å². The van der Waals surface area contributed by atoms with Crippen LogP contribution in [-0.4, -0.2) is 9.91 Å². The number of alkyl halides is 2. The van der Waals surface area contributed by atoms with Crippen molar-refractivity contribution in [2.75, 3.05) is 0 Å². The van der Waals surface area contributed by atoms with E-state index in [1.54, 1.807) is 6.07 Å². The van der Waals surface area contributed by atoms with Crippen molar-refractivity contribution in [2.45, 2.75) is 12.8 Å². The standard InChI is InChI=1S/C8H4ClF2N3O2/c9-7-6(8(10)11)4(1-2-12)5(3-13-7)14(15)16/h3,8H,1H2. The molecule has 0 spiro atoms. The smallest absolute Gasteiger partial charge is 0.258 e. The molecule has 0 aliphatic heterocycles. The molecule has 1 aromatic rings. The highest BCUT2D eigenvalue weighted by molar-refractivity contribution is 6.30. The lowest BCUT2D eigenvalue weighted by molar-refractivity contribution is -0.385. The average Bonchev–Trinajstić information content (AvgIpc) is 2.17. The lowest BCUT2D eigenvalue weighted by Gasteiger charge is -2.07. The molecule has 16 heavy (non-hydrogen) atoms. The summed E-state index contributed by atoms with van der Waals surface area (Å²) in [5, 5.41) is 18.5. The topological polar surface area (TPSA) is 79.8 Å². The molecule has 0 aliphatic carbocycles. The summed E-state index contributed by atoms with van der Waals surface area (Å²) < 4.78 is 25.2. The molecule has 0 unspecified atom stereocenters. The summed E-state index contributed by atoms with van der Waals surface area (Å²) in [6.45, 7) is 0. The summed E-state index contributed by atoms with van der Waals surface area (Å²) in [4.78, 5) is 13.0. The molecule has 0 aliphatic rings. The molecule has 0 fully saturated rings. The Morgan fingerprint density at radius 1 is 1.69 bits per heavy atom. The Labute approximate surface area is 93.4 Å². The van der Waals surface area contributed by atoms with Crippen LogP contribution in [0.3, 0.4) is 0 Å². The van der Waals surface area contributed by atoms with E-state index in [2.05, 4.69) is 4.98 Å². The maximum atomic E-state index is 12.6. The first kappa shape index (κ1) is 12.3. The van der Waals surface area contributed by atoms with Crippen molar-refractivity contribution in [1.82, 2.24) is 4.98 Å². The zero-order valence-corrected chi connectivity index (χ0v) is 8.41. The zero-order chi connectivity index (χ0) is 12.3. The van der Waals surface area contributed by atoms with E-state index in [1.165, 1.54) is 0 Å². The predicted octanol–water partition coefficient (Wildman–Crippen LogP) is 2.65. The SMILES string of the molecule is N#CCc1c([N+](=O)[O-])cnc(Cl)c1C(F)F. The van der Waals surface area contributed by atoms with Crippen LogP contribution in [0.5, 0.6) is 0 Å². The predicted molar refractivity (Wildman–Crippen MR) is 50.2 cm³/mol. The number of pyridine rings is 1. The first-order chi connectivity index (χ1) is 7.49. The molecule has 0 aromatic carbocycles. The fourth-order valence-corrected chi connectivity index (χ4v) is 1.42. The van der Waals surface area contributed by atoms with Gasteiger partial charge < -0.3 is 0 Å². The number of hydrogen-bond donors (Lipinski definition) is 0. The number of nitro groups is 1. The first-order valence-electron chi connectivity index (χ1n) is 3.95. The lowest BCUT2D eigenvalue weighted by atomic mass is 10.1. The Morgan fingerprint density at radius 3 is 2.75 bits per heavy atom. The van der Waals surface area contributed by atoms with Gasteiger partial charge in [0.15, 0.2) is 0 Å². The maximum absolute atomic E-state index is 12.6. The van der Waals surface area contributed by atoms with E-state index >= 15 is 0 Å². The molecule has 1 rings (SSSR count). The summed E-state index contributed by atoms with van der Waals surface area (Å²) in [5.41, 5.74) is -1.76. The largest absolute Gasteiger partial charge is 0.292 e. The van der Waals surface area contributed by atoms with Crippen molar-refractivity contribution in [3.8, 4) is 6.07 Å². The molecule has 1 heterocycles. The second kappa shape index (κ2) is 4.81. The van der Waals surface area contributed by atoms with Gasteiger partial charge in [0.1, 0.15) is 11.3 Å². The second-order valence-corrected chi connectivity index (χ2v) is 3.08. The molecule has 1 aromatic heterocycles. The first-order valence-corrected chi connectivity index (χ1v) is 4.33. The highest BCUT2D eigenvalue weighted by Gasteiger charge is 2.26.